The van der Waals surface area contributed by atoms with Crippen molar-refractivity contribution in [3.05, 3.63) is 29.8 Å². The molecule has 0 heterocycles. The molecule has 1 rings (SSSR count). The van der Waals surface area contributed by atoms with Gasteiger partial charge in [0.05, 0.1) is 6.61 Å². The lowest BCUT2D eigenvalue weighted by Crippen LogP contribution is -2.18. The second kappa shape index (κ2) is 12.6. The lowest BCUT2D eigenvalue weighted by molar-refractivity contribution is 0.304. The first kappa shape index (κ1) is 22.3. The van der Waals surface area contributed by atoms with Gasteiger partial charge in [-0.2, -0.15) is 0 Å². The summed E-state index contributed by atoms with van der Waals surface area (Å²) in [5.74, 6) is 2.00. The maximum atomic E-state index is 6.00. The highest BCUT2D eigenvalue weighted by atomic mass is 28.1. The van der Waals surface area contributed by atoms with E-state index >= 15 is 0 Å². The third-order valence-corrected chi connectivity index (χ3v) is 6.17. The fourth-order valence-corrected chi connectivity index (χ4v) is 4.12. The van der Waals surface area contributed by atoms with E-state index in [2.05, 4.69) is 52.0 Å². The third kappa shape index (κ3) is 9.49. The standard InChI is InChI=1S/C23H42OSi/c1-5-7-9-10-16-21(23(3,4)25)17-13-15-20-14-11-12-18-22(20)24-19-8-6-2/h11-12,14,18,21H,5-10,13,15-17,19H2,1-4,25H3. The minimum Gasteiger partial charge on any atom is -0.493 e. The van der Waals surface area contributed by atoms with Crippen molar-refractivity contribution in [1.29, 1.82) is 0 Å². The van der Waals surface area contributed by atoms with Gasteiger partial charge in [0.25, 0.3) is 0 Å². The highest BCUT2D eigenvalue weighted by molar-refractivity contribution is 6.14. The summed E-state index contributed by atoms with van der Waals surface area (Å²) >= 11 is 0. The van der Waals surface area contributed by atoms with Crippen LogP contribution in [0.2, 0.25) is 5.04 Å². The van der Waals surface area contributed by atoms with Crippen molar-refractivity contribution < 1.29 is 4.74 Å². The monoisotopic (exact) mass is 362 g/mol. The van der Waals surface area contributed by atoms with Gasteiger partial charge in [-0.25, -0.2) is 0 Å². The van der Waals surface area contributed by atoms with E-state index in [0.717, 1.165) is 31.1 Å². The van der Waals surface area contributed by atoms with Gasteiger partial charge in [0, 0.05) is 10.2 Å². The SMILES string of the molecule is CCCCCCC(CCCc1ccccc1OCCCC)C(C)(C)[SiH3]. The zero-order valence-electron chi connectivity index (χ0n) is 17.6. The average Bonchev–Trinajstić information content (AvgIpc) is 2.57. The minimum absolute atomic E-state index is 0.559. The van der Waals surface area contributed by atoms with Crippen molar-refractivity contribution in [3.8, 4) is 5.75 Å². The molecule has 0 aliphatic carbocycles. The molecular formula is C23H42OSi. The molecule has 1 nitrogen and oxygen atoms in total. The Morgan fingerprint density at radius 1 is 0.920 bits per heavy atom. The lowest BCUT2D eigenvalue weighted by Gasteiger charge is -2.31. The average molecular weight is 363 g/mol. The Morgan fingerprint density at radius 3 is 2.28 bits per heavy atom. The Morgan fingerprint density at radius 2 is 1.60 bits per heavy atom. The highest BCUT2D eigenvalue weighted by Gasteiger charge is 2.23. The van der Waals surface area contributed by atoms with Crippen molar-refractivity contribution in [2.24, 2.45) is 5.92 Å². The molecular weight excluding hydrogens is 320 g/mol. The number of aryl methyl sites for hydroxylation is 1. The number of ether oxygens (including phenoxy) is 1. The van der Waals surface area contributed by atoms with Crippen LogP contribution in [0.3, 0.4) is 0 Å². The lowest BCUT2D eigenvalue weighted by atomic mass is 9.84. The molecule has 0 fully saturated rings. The quantitative estimate of drug-likeness (QED) is 0.277. The van der Waals surface area contributed by atoms with Crippen LogP contribution in [0, 0.1) is 5.92 Å². The predicted molar refractivity (Wildman–Crippen MR) is 116 cm³/mol. The van der Waals surface area contributed by atoms with E-state index in [1.807, 2.05) is 0 Å². The summed E-state index contributed by atoms with van der Waals surface area (Å²) in [6.45, 7) is 10.3. The normalized spacial score (nSPS) is 13.1. The van der Waals surface area contributed by atoms with E-state index in [0.29, 0.717) is 5.04 Å². The van der Waals surface area contributed by atoms with Gasteiger partial charge >= 0.3 is 0 Å². The van der Waals surface area contributed by atoms with E-state index in [9.17, 15) is 0 Å². The Labute approximate surface area is 160 Å². The van der Waals surface area contributed by atoms with Crippen LogP contribution < -0.4 is 4.74 Å². The maximum Gasteiger partial charge on any atom is 0.122 e. The summed E-state index contributed by atoms with van der Waals surface area (Å²) in [7, 11) is 1.29. The van der Waals surface area contributed by atoms with Crippen LogP contribution in [-0.4, -0.2) is 16.8 Å². The van der Waals surface area contributed by atoms with Gasteiger partial charge in [-0.1, -0.05) is 84.4 Å². The van der Waals surface area contributed by atoms with Crippen molar-refractivity contribution in [2.45, 2.75) is 96.9 Å². The molecule has 0 spiro atoms. The van der Waals surface area contributed by atoms with E-state index in [1.165, 1.54) is 67.2 Å². The first-order valence-corrected chi connectivity index (χ1v) is 11.7. The van der Waals surface area contributed by atoms with Crippen LogP contribution in [0.1, 0.15) is 91.0 Å². The van der Waals surface area contributed by atoms with Crippen molar-refractivity contribution in [1.82, 2.24) is 0 Å². The van der Waals surface area contributed by atoms with E-state index in [4.69, 9.17) is 4.74 Å². The van der Waals surface area contributed by atoms with Gasteiger partial charge in [0.1, 0.15) is 5.75 Å². The summed E-state index contributed by atoms with van der Waals surface area (Å²) in [4.78, 5) is 0. The Bertz CT molecular complexity index is 450. The second-order valence-electron chi connectivity index (χ2n) is 8.61. The third-order valence-electron chi connectivity index (χ3n) is 5.36. The minimum atomic E-state index is 0.559. The van der Waals surface area contributed by atoms with Gasteiger partial charge in [0.15, 0.2) is 0 Å². The molecule has 144 valence electrons. The fourth-order valence-electron chi connectivity index (χ4n) is 3.54. The molecule has 0 bridgehead atoms. The molecule has 1 unspecified atom stereocenters. The molecule has 1 atom stereocenters. The summed E-state index contributed by atoms with van der Waals surface area (Å²) in [5, 5.41) is 0.559. The summed E-state index contributed by atoms with van der Waals surface area (Å²) < 4.78 is 6.00. The fraction of sp³-hybridized carbons (Fsp3) is 0.739. The Kier molecular flexibility index (Phi) is 11.2. The molecule has 0 aromatic heterocycles. The van der Waals surface area contributed by atoms with E-state index < -0.39 is 0 Å². The van der Waals surface area contributed by atoms with Crippen molar-refractivity contribution in [3.63, 3.8) is 0 Å². The molecule has 0 radical (unpaired) electrons. The van der Waals surface area contributed by atoms with Crippen LogP contribution in [0.15, 0.2) is 24.3 Å². The maximum absolute atomic E-state index is 6.00. The molecule has 0 saturated carbocycles. The molecule has 25 heavy (non-hydrogen) atoms. The van der Waals surface area contributed by atoms with Gasteiger partial charge < -0.3 is 4.74 Å². The molecule has 0 aliphatic rings. The van der Waals surface area contributed by atoms with Crippen LogP contribution in [0.4, 0.5) is 0 Å². The van der Waals surface area contributed by atoms with Gasteiger partial charge in [-0.15, -0.1) is 0 Å². The van der Waals surface area contributed by atoms with Crippen LogP contribution in [0.25, 0.3) is 0 Å². The molecule has 0 amide bonds. The summed E-state index contributed by atoms with van der Waals surface area (Å²) in [6, 6.07) is 8.65. The number of hydrogen-bond acceptors (Lipinski definition) is 1. The van der Waals surface area contributed by atoms with Crippen LogP contribution in [0.5, 0.6) is 5.75 Å². The van der Waals surface area contributed by atoms with Crippen molar-refractivity contribution in [2.75, 3.05) is 6.61 Å². The first-order chi connectivity index (χ1) is 12.0. The number of rotatable bonds is 14. The summed E-state index contributed by atoms with van der Waals surface area (Å²) in [6.07, 6.45) is 13.1. The molecule has 2 heteroatoms. The first-order valence-electron chi connectivity index (χ1n) is 10.7. The Balaban J connectivity index is 2.49. The van der Waals surface area contributed by atoms with Gasteiger partial charge in [-0.3, -0.25) is 0 Å². The summed E-state index contributed by atoms with van der Waals surface area (Å²) in [5.41, 5.74) is 1.40. The molecule has 0 aliphatic heterocycles. The number of para-hydroxylation sites is 1. The zero-order valence-corrected chi connectivity index (χ0v) is 19.6. The molecule has 0 saturated heterocycles. The largest absolute Gasteiger partial charge is 0.493 e. The van der Waals surface area contributed by atoms with E-state index in [-0.39, 0.29) is 0 Å². The highest BCUT2D eigenvalue weighted by Crippen LogP contribution is 2.38. The molecule has 1 aromatic rings. The predicted octanol–water partition coefficient (Wildman–Crippen LogP) is 6.34. The number of benzene rings is 1. The van der Waals surface area contributed by atoms with Crippen LogP contribution in [-0.2, 0) is 6.42 Å². The smallest absolute Gasteiger partial charge is 0.122 e. The van der Waals surface area contributed by atoms with Crippen molar-refractivity contribution >= 4 is 10.2 Å². The van der Waals surface area contributed by atoms with Crippen LogP contribution >= 0.6 is 0 Å². The molecule has 0 N–H and O–H groups in total. The topological polar surface area (TPSA) is 9.23 Å². The Hall–Kier alpha value is -0.763. The molecule has 1 aromatic carbocycles. The number of hydrogen-bond donors (Lipinski definition) is 0. The van der Waals surface area contributed by atoms with Gasteiger partial charge in [0.2, 0.25) is 0 Å². The zero-order chi connectivity index (χ0) is 18.5. The van der Waals surface area contributed by atoms with E-state index in [1.54, 1.807) is 0 Å². The second-order valence-corrected chi connectivity index (χ2v) is 11.2. The number of unbranched alkanes of at least 4 members (excludes halogenated alkanes) is 4. The van der Waals surface area contributed by atoms with Gasteiger partial charge in [-0.05, 0) is 48.3 Å².